The Labute approximate surface area is 182 Å². The van der Waals surface area contributed by atoms with E-state index in [9.17, 15) is 13.2 Å². The Morgan fingerprint density at radius 2 is 1.87 bits per heavy atom. The number of carbonyl (C=O) groups is 1. The molecule has 0 radical (unpaired) electrons. The topological polar surface area (TPSA) is 91.4 Å². The minimum atomic E-state index is -3.86. The lowest BCUT2D eigenvalue weighted by Crippen LogP contribution is -2.45. The molecule has 0 bridgehead atoms. The highest BCUT2D eigenvalue weighted by Gasteiger charge is 2.40. The number of hydrogen-bond acceptors (Lipinski definition) is 5. The van der Waals surface area contributed by atoms with Crippen molar-refractivity contribution in [2.24, 2.45) is 5.73 Å². The minimum absolute atomic E-state index is 0.215. The first-order valence-electron chi connectivity index (χ1n) is 10.4. The van der Waals surface area contributed by atoms with Crippen molar-refractivity contribution in [2.75, 3.05) is 6.61 Å². The monoisotopic (exact) mass is 438 g/mol. The van der Waals surface area contributed by atoms with Crippen molar-refractivity contribution in [3.63, 3.8) is 0 Å². The van der Waals surface area contributed by atoms with Crippen LogP contribution < -0.4 is 5.73 Å². The third kappa shape index (κ3) is 3.91. The molecule has 4 rings (SSSR count). The van der Waals surface area contributed by atoms with E-state index in [-0.39, 0.29) is 4.90 Å². The van der Waals surface area contributed by atoms with Gasteiger partial charge in [-0.25, -0.2) is 17.2 Å². The number of esters is 1. The number of benzene rings is 2. The van der Waals surface area contributed by atoms with E-state index in [1.54, 1.807) is 43.3 Å². The number of fused-ring (bicyclic) bond motifs is 1. The van der Waals surface area contributed by atoms with E-state index in [2.05, 4.69) is 0 Å². The van der Waals surface area contributed by atoms with Gasteiger partial charge in [0.1, 0.15) is 0 Å². The summed E-state index contributed by atoms with van der Waals surface area (Å²) >= 11 is 0. The summed E-state index contributed by atoms with van der Waals surface area (Å²) in [5.41, 5.74) is 8.75. The summed E-state index contributed by atoms with van der Waals surface area (Å²) in [6.45, 7) is 3.95. The van der Waals surface area contributed by atoms with Gasteiger partial charge in [-0.05, 0) is 69.0 Å². The van der Waals surface area contributed by atoms with Crippen LogP contribution in [0.1, 0.15) is 43.0 Å². The van der Waals surface area contributed by atoms with Gasteiger partial charge in [0.2, 0.25) is 0 Å². The minimum Gasteiger partial charge on any atom is -0.463 e. The predicted octanol–water partition coefficient (Wildman–Crippen LogP) is 4.10. The molecule has 1 heterocycles. The number of nitrogens with two attached hydrogens (primary N) is 1. The van der Waals surface area contributed by atoms with E-state index in [1.165, 1.54) is 10.0 Å². The maximum absolute atomic E-state index is 13.7. The summed E-state index contributed by atoms with van der Waals surface area (Å²) in [5, 5.41) is 0.788. The van der Waals surface area contributed by atoms with Gasteiger partial charge in [-0.1, -0.05) is 29.8 Å². The van der Waals surface area contributed by atoms with Crippen LogP contribution in [0, 0.1) is 6.92 Å². The largest absolute Gasteiger partial charge is 0.463 e. The van der Waals surface area contributed by atoms with Crippen LogP contribution in [0.25, 0.3) is 17.0 Å². The summed E-state index contributed by atoms with van der Waals surface area (Å²) in [6.07, 6.45) is 5.40. The van der Waals surface area contributed by atoms with Crippen LogP contribution in [-0.4, -0.2) is 25.0 Å². The number of aromatic nitrogens is 1. The Morgan fingerprint density at radius 1 is 1.16 bits per heavy atom. The van der Waals surface area contributed by atoms with Crippen molar-refractivity contribution in [1.82, 2.24) is 3.97 Å². The molecule has 2 N–H and O–H groups in total. The van der Waals surface area contributed by atoms with E-state index < -0.39 is 21.5 Å². The number of aryl methyl sites for hydroxylation is 1. The average molecular weight is 439 g/mol. The van der Waals surface area contributed by atoms with Gasteiger partial charge in [-0.3, -0.25) is 0 Å². The maximum Gasteiger partial charge on any atom is 0.330 e. The first-order chi connectivity index (χ1) is 14.7. The third-order valence-corrected chi connectivity index (χ3v) is 7.54. The standard InChI is InChI=1S/C24H26N2O4S/c1-3-30-23(27)12-8-18-7-9-19-16-22(24(25)13-4-14-24)26(21(19)15-18)31(28,29)20-10-5-17(2)6-11-20/h5-12,15-16H,3-4,13-14,25H2,1-2H3/b12-8+. The van der Waals surface area contributed by atoms with E-state index in [0.717, 1.165) is 30.2 Å². The molecule has 0 unspecified atom stereocenters. The van der Waals surface area contributed by atoms with Crippen LogP contribution in [-0.2, 0) is 25.1 Å². The Hall–Kier alpha value is -2.90. The van der Waals surface area contributed by atoms with E-state index in [1.807, 2.05) is 25.1 Å². The summed E-state index contributed by atoms with van der Waals surface area (Å²) < 4.78 is 33.7. The Kier molecular flexibility index (Phi) is 5.49. The molecular weight excluding hydrogens is 412 g/mol. The highest BCUT2D eigenvalue weighted by atomic mass is 32.2. The van der Waals surface area contributed by atoms with Crippen molar-refractivity contribution in [3.05, 3.63) is 71.4 Å². The molecule has 7 heteroatoms. The molecule has 0 saturated heterocycles. The molecule has 2 aromatic carbocycles. The van der Waals surface area contributed by atoms with Crippen molar-refractivity contribution >= 4 is 33.0 Å². The first kappa shape index (κ1) is 21.3. The summed E-state index contributed by atoms with van der Waals surface area (Å²) in [6, 6.07) is 14.1. The molecule has 1 aliphatic rings. The van der Waals surface area contributed by atoms with Crippen molar-refractivity contribution in [3.8, 4) is 0 Å². The second-order valence-electron chi connectivity index (χ2n) is 8.03. The van der Waals surface area contributed by atoms with Crippen LogP contribution in [0.3, 0.4) is 0 Å². The molecule has 1 aromatic heterocycles. The van der Waals surface area contributed by atoms with Gasteiger partial charge < -0.3 is 10.5 Å². The van der Waals surface area contributed by atoms with Crippen LogP contribution in [0.5, 0.6) is 0 Å². The molecule has 0 spiro atoms. The normalized spacial score (nSPS) is 15.8. The highest BCUT2D eigenvalue weighted by molar-refractivity contribution is 7.90. The fourth-order valence-electron chi connectivity index (χ4n) is 3.89. The second kappa shape index (κ2) is 7.98. The molecule has 1 fully saturated rings. The zero-order valence-electron chi connectivity index (χ0n) is 17.7. The van der Waals surface area contributed by atoms with Gasteiger partial charge in [0.15, 0.2) is 0 Å². The van der Waals surface area contributed by atoms with Gasteiger partial charge in [0.05, 0.1) is 28.3 Å². The molecule has 6 nitrogen and oxygen atoms in total. The molecule has 0 aliphatic heterocycles. The van der Waals surface area contributed by atoms with E-state index in [4.69, 9.17) is 10.5 Å². The molecule has 3 aromatic rings. The van der Waals surface area contributed by atoms with Gasteiger partial charge in [0, 0.05) is 11.5 Å². The average Bonchev–Trinajstić information content (AvgIpc) is 3.11. The van der Waals surface area contributed by atoms with Gasteiger partial charge >= 0.3 is 5.97 Å². The number of ether oxygens (including phenoxy) is 1. The van der Waals surface area contributed by atoms with E-state index in [0.29, 0.717) is 23.4 Å². The fourth-order valence-corrected chi connectivity index (χ4v) is 5.49. The Balaban J connectivity index is 1.90. The predicted molar refractivity (Wildman–Crippen MR) is 121 cm³/mol. The maximum atomic E-state index is 13.7. The molecule has 1 aliphatic carbocycles. The Bertz CT molecular complexity index is 1270. The molecule has 0 atom stereocenters. The number of hydrogen-bond donors (Lipinski definition) is 1. The van der Waals surface area contributed by atoms with Crippen molar-refractivity contribution < 1.29 is 17.9 Å². The fraction of sp³-hybridized carbons (Fsp3) is 0.292. The smallest absolute Gasteiger partial charge is 0.330 e. The van der Waals surface area contributed by atoms with Gasteiger partial charge in [-0.15, -0.1) is 0 Å². The number of rotatable bonds is 6. The molecular formula is C24H26N2O4S. The third-order valence-electron chi connectivity index (χ3n) is 5.80. The summed E-state index contributed by atoms with van der Waals surface area (Å²) in [4.78, 5) is 11.9. The SMILES string of the molecule is CCOC(=O)/C=C/c1ccc2cc(C3(N)CCC3)n(S(=O)(=O)c3ccc(C)cc3)c2c1. The van der Waals surface area contributed by atoms with Crippen molar-refractivity contribution in [1.29, 1.82) is 0 Å². The van der Waals surface area contributed by atoms with E-state index >= 15 is 0 Å². The lowest BCUT2D eigenvalue weighted by Gasteiger charge is -2.38. The lowest BCUT2D eigenvalue weighted by atomic mass is 9.75. The molecule has 162 valence electrons. The highest BCUT2D eigenvalue weighted by Crippen LogP contribution is 2.42. The van der Waals surface area contributed by atoms with Crippen molar-refractivity contribution in [2.45, 2.75) is 43.5 Å². The van der Waals surface area contributed by atoms with Crippen LogP contribution in [0.4, 0.5) is 0 Å². The number of nitrogens with zero attached hydrogens (tertiary/aromatic N) is 1. The summed E-state index contributed by atoms with van der Waals surface area (Å²) in [5.74, 6) is -0.443. The molecule has 0 amide bonds. The van der Waals surface area contributed by atoms with Gasteiger partial charge in [0.25, 0.3) is 10.0 Å². The van der Waals surface area contributed by atoms with Crippen LogP contribution in [0.2, 0.25) is 0 Å². The zero-order chi connectivity index (χ0) is 22.2. The van der Waals surface area contributed by atoms with Crippen LogP contribution in [0.15, 0.2) is 59.5 Å². The quantitative estimate of drug-likeness (QED) is 0.462. The summed E-state index contributed by atoms with van der Waals surface area (Å²) in [7, 11) is -3.86. The number of carbonyl (C=O) groups excluding carboxylic acids is 1. The molecule has 31 heavy (non-hydrogen) atoms. The van der Waals surface area contributed by atoms with Crippen LogP contribution >= 0.6 is 0 Å². The zero-order valence-corrected chi connectivity index (χ0v) is 18.5. The second-order valence-corrected chi connectivity index (χ2v) is 9.81. The van der Waals surface area contributed by atoms with Gasteiger partial charge in [-0.2, -0.15) is 0 Å². The first-order valence-corrected chi connectivity index (χ1v) is 11.8. The Morgan fingerprint density at radius 3 is 2.48 bits per heavy atom. The molecule has 1 saturated carbocycles. The lowest BCUT2D eigenvalue weighted by molar-refractivity contribution is -0.137.